The van der Waals surface area contributed by atoms with Gasteiger partial charge in [0.2, 0.25) is 10.0 Å². The summed E-state index contributed by atoms with van der Waals surface area (Å²) in [5, 5.41) is 2.02. The Hall–Kier alpha value is -1.37. The van der Waals surface area contributed by atoms with E-state index >= 15 is 0 Å². The second-order valence-electron chi connectivity index (χ2n) is 5.43. The van der Waals surface area contributed by atoms with Crippen LogP contribution in [-0.4, -0.2) is 19.3 Å². The first-order valence-electron chi connectivity index (χ1n) is 6.81. The number of nitrogen functional groups attached to an aromatic ring is 1. The number of nitrogens with two attached hydrogens (primary N) is 1. The third-order valence-corrected chi connectivity index (χ3v) is 6.93. The first kappa shape index (κ1) is 14.6. The monoisotopic (exact) mass is 322 g/mol. The summed E-state index contributed by atoms with van der Waals surface area (Å²) < 4.78 is 27.4. The summed E-state index contributed by atoms with van der Waals surface area (Å²) in [5.41, 5.74) is 9.08. The number of sulfonamides is 1. The molecule has 6 heteroatoms. The van der Waals surface area contributed by atoms with Gasteiger partial charge in [-0.1, -0.05) is 0 Å². The smallest absolute Gasteiger partial charge is 0.243 e. The molecule has 0 spiro atoms. The molecule has 21 heavy (non-hydrogen) atoms. The molecule has 0 saturated heterocycles. The van der Waals surface area contributed by atoms with Crippen molar-refractivity contribution in [1.82, 2.24) is 4.31 Å². The first-order valence-corrected chi connectivity index (χ1v) is 9.13. The fourth-order valence-electron chi connectivity index (χ4n) is 2.69. The topological polar surface area (TPSA) is 63.4 Å². The molecule has 0 radical (unpaired) electrons. The number of hydrogen-bond acceptors (Lipinski definition) is 4. The predicted molar refractivity (Wildman–Crippen MR) is 85.9 cm³/mol. The van der Waals surface area contributed by atoms with Crippen molar-refractivity contribution < 1.29 is 8.42 Å². The maximum atomic E-state index is 12.9. The Morgan fingerprint density at radius 2 is 2.05 bits per heavy atom. The van der Waals surface area contributed by atoms with Crippen LogP contribution in [0.5, 0.6) is 0 Å². The Morgan fingerprint density at radius 3 is 2.81 bits per heavy atom. The number of thiophene rings is 1. The Morgan fingerprint density at radius 1 is 1.29 bits per heavy atom. The van der Waals surface area contributed by atoms with Crippen LogP contribution in [0.25, 0.3) is 0 Å². The molecule has 0 saturated carbocycles. The van der Waals surface area contributed by atoms with Crippen molar-refractivity contribution in [2.75, 3.05) is 12.3 Å². The molecule has 3 rings (SSSR count). The summed E-state index contributed by atoms with van der Waals surface area (Å²) in [5.74, 6) is 0. The number of anilines is 1. The molecule has 0 fully saturated rings. The number of nitrogens with zero attached hydrogens (tertiary/aromatic N) is 1. The highest BCUT2D eigenvalue weighted by molar-refractivity contribution is 7.89. The highest BCUT2D eigenvalue weighted by Gasteiger charge is 2.30. The summed E-state index contributed by atoms with van der Waals surface area (Å²) in [7, 11) is -3.50. The van der Waals surface area contributed by atoms with Gasteiger partial charge in [-0.05, 0) is 60.5 Å². The summed E-state index contributed by atoms with van der Waals surface area (Å²) in [6, 6.07) is 5.53. The number of benzene rings is 1. The predicted octanol–water partition coefficient (Wildman–Crippen LogP) is 2.69. The second-order valence-corrected chi connectivity index (χ2v) is 8.34. The van der Waals surface area contributed by atoms with Gasteiger partial charge in [0.25, 0.3) is 0 Å². The van der Waals surface area contributed by atoms with Crippen LogP contribution in [0.1, 0.15) is 21.6 Å². The van der Waals surface area contributed by atoms with Crippen LogP contribution in [0.4, 0.5) is 5.69 Å². The van der Waals surface area contributed by atoms with E-state index in [4.69, 9.17) is 5.73 Å². The summed E-state index contributed by atoms with van der Waals surface area (Å²) in [6.07, 6.45) is 0.784. The van der Waals surface area contributed by atoms with E-state index in [2.05, 4.69) is 0 Å². The molecular formula is C15H18N2O2S2. The van der Waals surface area contributed by atoms with E-state index in [-0.39, 0.29) is 0 Å². The van der Waals surface area contributed by atoms with E-state index < -0.39 is 10.0 Å². The molecular weight excluding hydrogens is 304 g/mol. The quantitative estimate of drug-likeness (QED) is 0.865. The number of fused-ring (bicyclic) bond motifs is 1. The van der Waals surface area contributed by atoms with Gasteiger partial charge < -0.3 is 5.73 Å². The molecule has 0 unspecified atom stereocenters. The first-order chi connectivity index (χ1) is 9.89. The molecule has 0 amide bonds. The van der Waals surface area contributed by atoms with Crippen molar-refractivity contribution in [2.24, 2.45) is 0 Å². The van der Waals surface area contributed by atoms with E-state index in [1.807, 2.05) is 24.4 Å². The van der Waals surface area contributed by atoms with Gasteiger partial charge in [-0.2, -0.15) is 4.31 Å². The average Bonchev–Trinajstić information content (AvgIpc) is 2.89. The van der Waals surface area contributed by atoms with E-state index in [1.54, 1.807) is 28.6 Å². The maximum Gasteiger partial charge on any atom is 0.243 e. The molecule has 112 valence electrons. The fraction of sp³-hybridized carbons (Fsp3) is 0.333. The zero-order valence-corrected chi connectivity index (χ0v) is 13.7. The molecule has 4 nitrogen and oxygen atoms in total. The Balaban J connectivity index is 2.03. The van der Waals surface area contributed by atoms with Crippen LogP contribution < -0.4 is 5.73 Å². The van der Waals surface area contributed by atoms with Crippen LogP contribution in [0, 0.1) is 13.8 Å². The molecule has 1 aliphatic rings. The third kappa shape index (κ3) is 2.47. The third-order valence-electron chi connectivity index (χ3n) is 3.94. The second kappa shape index (κ2) is 5.12. The van der Waals surface area contributed by atoms with Crippen molar-refractivity contribution in [3.63, 3.8) is 0 Å². The minimum absolute atomic E-state index is 0.332. The lowest BCUT2D eigenvalue weighted by atomic mass is 10.1. The normalized spacial score (nSPS) is 15.9. The number of aryl methyl sites for hydroxylation is 1. The molecule has 1 aromatic carbocycles. The molecule has 0 aliphatic carbocycles. The largest absolute Gasteiger partial charge is 0.398 e. The lowest BCUT2D eigenvalue weighted by molar-refractivity contribution is 0.394. The van der Waals surface area contributed by atoms with Crippen LogP contribution >= 0.6 is 11.3 Å². The Kier molecular flexibility index (Phi) is 3.55. The highest BCUT2D eigenvalue weighted by atomic mass is 32.2. The van der Waals surface area contributed by atoms with Crippen LogP contribution in [0.3, 0.4) is 0 Å². The van der Waals surface area contributed by atoms with Gasteiger partial charge in [0, 0.05) is 23.7 Å². The molecule has 2 N–H and O–H groups in total. The van der Waals surface area contributed by atoms with E-state index in [0.29, 0.717) is 29.2 Å². The summed E-state index contributed by atoms with van der Waals surface area (Å²) in [4.78, 5) is 1.63. The lowest BCUT2D eigenvalue weighted by Crippen LogP contribution is -2.35. The minimum Gasteiger partial charge on any atom is -0.398 e. The van der Waals surface area contributed by atoms with Gasteiger partial charge in [0.05, 0.1) is 4.90 Å². The van der Waals surface area contributed by atoms with Crippen molar-refractivity contribution in [2.45, 2.75) is 31.7 Å². The van der Waals surface area contributed by atoms with Crippen LogP contribution in [-0.2, 0) is 23.0 Å². The molecule has 1 aromatic heterocycles. The van der Waals surface area contributed by atoms with Crippen LogP contribution in [0.15, 0.2) is 28.5 Å². The van der Waals surface area contributed by atoms with E-state index in [0.717, 1.165) is 17.5 Å². The minimum atomic E-state index is -3.50. The van der Waals surface area contributed by atoms with Crippen molar-refractivity contribution in [3.8, 4) is 0 Å². The average molecular weight is 322 g/mol. The van der Waals surface area contributed by atoms with E-state index in [9.17, 15) is 8.42 Å². The zero-order chi connectivity index (χ0) is 15.2. The lowest BCUT2D eigenvalue weighted by Gasteiger charge is -2.27. The van der Waals surface area contributed by atoms with E-state index in [1.165, 1.54) is 4.88 Å². The van der Waals surface area contributed by atoms with Gasteiger partial charge in [-0.15, -0.1) is 11.3 Å². The van der Waals surface area contributed by atoms with Gasteiger partial charge in [-0.3, -0.25) is 0 Å². The molecule has 0 atom stereocenters. The fourth-order valence-corrected chi connectivity index (χ4v) is 5.34. The van der Waals surface area contributed by atoms with Gasteiger partial charge in [0.1, 0.15) is 0 Å². The summed E-state index contributed by atoms with van der Waals surface area (Å²) in [6.45, 7) is 4.61. The Labute approximate surface area is 129 Å². The van der Waals surface area contributed by atoms with Crippen LogP contribution in [0.2, 0.25) is 0 Å². The van der Waals surface area contributed by atoms with Crippen molar-refractivity contribution in [3.05, 3.63) is 45.1 Å². The van der Waals surface area contributed by atoms with Gasteiger partial charge in [0.15, 0.2) is 0 Å². The summed E-state index contributed by atoms with van der Waals surface area (Å²) >= 11 is 1.70. The number of hydrogen-bond donors (Lipinski definition) is 1. The van der Waals surface area contributed by atoms with Gasteiger partial charge >= 0.3 is 0 Å². The van der Waals surface area contributed by atoms with Crippen molar-refractivity contribution in [1.29, 1.82) is 0 Å². The molecule has 2 heterocycles. The highest BCUT2D eigenvalue weighted by Crippen LogP contribution is 2.31. The number of rotatable bonds is 2. The Bertz CT molecular complexity index is 794. The SMILES string of the molecule is Cc1cc(N)c(C)c(S(=O)(=O)N2CCc3sccc3C2)c1. The van der Waals surface area contributed by atoms with Crippen molar-refractivity contribution >= 4 is 27.0 Å². The zero-order valence-electron chi connectivity index (χ0n) is 12.1. The standard InChI is InChI=1S/C15H18N2O2S2/c1-10-7-13(16)11(2)15(8-10)21(18,19)17-5-3-14-12(9-17)4-6-20-14/h4,6-8H,3,5,9,16H2,1-2H3. The molecule has 1 aliphatic heterocycles. The molecule has 2 aromatic rings. The molecule has 0 bridgehead atoms. The van der Waals surface area contributed by atoms with Gasteiger partial charge in [-0.25, -0.2) is 8.42 Å². The maximum absolute atomic E-state index is 12.9.